The molecule has 43 heavy (non-hydrogen) atoms. The number of aliphatic imine (C=N–C) groups is 1. The van der Waals surface area contributed by atoms with E-state index in [1.54, 1.807) is 23.9 Å². The van der Waals surface area contributed by atoms with Crippen LogP contribution in [0.25, 0.3) is 0 Å². The monoisotopic (exact) mass is 594 g/mol. The molecule has 0 amide bonds. The van der Waals surface area contributed by atoms with Gasteiger partial charge in [-0.05, 0) is 73.5 Å². The highest BCUT2D eigenvalue weighted by Crippen LogP contribution is 2.55. The Kier molecular flexibility index (Phi) is 8.64. The van der Waals surface area contributed by atoms with Crippen LogP contribution in [0.5, 0.6) is 0 Å². The van der Waals surface area contributed by atoms with Crippen LogP contribution < -0.4 is 20.0 Å². The second-order valence-electron chi connectivity index (χ2n) is 10.9. The molecule has 4 aromatic carbocycles. The zero-order valence-corrected chi connectivity index (χ0v) is 26.4. The second-order valence-corrected chi connectivity index (χ2v) is 12.1. The summed E-state index contributed by atoms with van der Waals surface area (Å²) in [5.41, 5.74) is 8.42. The minimum Gasteiger partial charge on any atom is -0.378 e. The molecule has 0 saturated heterocycles. The lowest BCUT2D eigenvalue weighted by atomic mass is 9.82. The summed E-state index contributed by atoms with van der Waals surface area (Å²) in [6.45, 7) is 6.11. The Morgan fingerprint density at radius 2 is 1.28 bits per heavy atom. The number of hydrogen-bond acceptors (Lipinski definition) is 8. The maximum atomic E-state index is 11.3. The summed E-state index contributed by atoms with van der Waals surface area (Å²) in [5, 5.41) is 15.4. The smallest absolute Gasteiger partial charge is 0.269 e. The molecule has 9 heteroatoms. The van der Waals surface area contributed by atoms with E-state index in [2.05, 4.69) is 101 Å². The summed E-state index contributed by atoms with van der Waals surface area (Å²) in [4.78, 5) is 22.5. The van der Waals surface area contributed by atoms with Crippen molar-refractivity contribution >= 4 is 51.1 Å². The number of benzene rings is 4. The molecule has 0 aromatic heterocycles. The van der Waals surface area contributed by atoms with Crippen molar-refractivity contribution in [2.75, 3.05) is 61.3 Å². The van der Waals surface area contributed by atoms with Crippen molar-refractivity contribution in [3.8, 4) is 0 Å². The minimum absolute atomic E-state index is 0.0503. The van der Waals surface area contributed by atoms with Crippen molar-refractivity contribution < 1.29 is 4.92 Å². The van der Waals surface area contributed by atoms with Crippen molar-refractivity contribution in [3.05, 3.63) is 118 Å². The van der Waals surface area contributed by atoms with Gasteiger partial charge in [-0.2, -0.15) is 0 Å². The van der Waals surface area contributed by atoms with Gasteiger partial charge in [-0.25, -0.2) is 4.99 Å². The summed E-state index contributed by atoms with van der Waals surface area (Å²) in [7, 11) is 8.18. The van der Waals surface area contributed by atoms with Gasteiger partial charge in [0.05, 0.1) is 10.6 Å². The summed E-state index contributed by atoms with van der Waals surface area (Å²) in [5.74, 6) is 0. The van der Waals surface area contributed by atoms with Gasteiger partial charge < -0.3 is 20.0 Å². The van der Waals surface area contributed by atoms with Crippen molar-refractivity contribution in [2.45, 2.75) is 18.6 Å². The van der Waals surface area contributed by atoms with Crippen LogP contribution in [0.1, 0.15) is 30.5 Å². The van der Waals surface area contributed by atoms with Gasteiger partial charge in [0.1, 0.15) is 4.75 Å². The minimum atomic E-state index is -0.613. The van der Waals surface area contributed by atoms with E-state index in [1.165, 1.54) is 12.1 Å². The van der Waals surface area contributed by atoms with Gasteiger partial charge in [-0.1, -0.05) is 42.1 Å². The Hall–Kier alpha value is -4.50. The van der Waals surface area contributed by atoms with Gasteiger partial charge in [0.25, 0.3) is 5.69 Å². The predicted molar refractivity (Wildman–Crippen MR) is 183 cm³/mol. The molecule has 0 radical (unpaired) electrons. The fourth-order valence-electron chi connectivity index (χ4n) is 5.46. The van der Waals surface area contributed by atoms with E-state index in [-0.39, 0.29) is 10.6 Å². The quantitative estimate of drug-likeness (QED) is 0.157. The largest absolute Gasteiger partial charge is 0.378 e. The van der Waals surface area contributed by atoms with Gasteiger partial charge in [-0.3, -0.25) is 10.1 Å². The second kappa shape index (κ2) is 12.4. The number of nitrogens with one attached hydrogen (secondary N) is 1. The summed E-state index contributed by atoms with van der Waals surface area (Å²) in [6.07, 6.45) is 0. The molecule has 1 N–H and O–H groups in total. The van der Waals surface area contributed by atoms with E-state index in [0.717, 1.165) is 58.2 Å². The molecule has 0 unspecified atom stereocenters. The van der Waals surface area contributed by atoms with Crippen LogP contribution in [0.15, 0.2) is 96.0 Å². The average molecular weight is 595 g/mol. The van der Waals surface area contributed by atoms with E-state index in [9.17, 15) is 10.1 Å². The van der Waals surface area contributed by atoms with Crippen molar-refractivity contribution in [2.24, 2.45) is 4.99 Å². The van der Waals surface area contributed by atoms with Crippen LogP contribution in [0.4, 0.5) is 34.1 Å². The Labute approximate surface area is 258 Å². The average Bonchev–Trinajstić information content (AvgIpc) is 3.01. The number of rotatable bonds is 9. The lowest BCUT2D eigenvalue weighted by Crippen LogP contribution is -2.32. The third-order valence-electron chi connectivity index (χ3n) is 7.87. The summed E-state index contributed by atoms with van der Waals surface area (Å²) < 4.78 is -0.613. The highest BCUT2D eigenvalue weighted by Gasteiger charge is 2.43. The fourth-order valence-corrected chi connectivity index (χ4v) is 6.85. The molecule has 0 bridgehead atoms. The van der Waals surface area contributed by atoms with E-state index >= 15 is 0 Å². The van der Waals surface area contributed by atoms with Crippen LogP contribution in [0.2, 0.25) is 0 Å². The Morgan fingerprint density at radius 3 is 1.74 bits per heavy atom. The molecule has 8 nitrogen and oxygen atoms in total. The van der Waals surface area contributed by atoms with Gasteiger partial charge >= 0.3 is 0 Å². The van der Waals surface area contributed by atoms with Gasteiger partial charge in [-0.15, -0.1) is 0 Å². The lowest BCUT2D eigenvalue weighted by Gasteiger charge is -2.39. The molecule has 0 aliphatic carbocycles. The molecule has 1 aliphatic rings. The Balaban J connectivity index is 1.72. The number of fused-ring (bicyclic) bond motifs is 1. The van der Waals surface area contributed by atoms with Crippen molar-refractivity contribution in [1.82, 2.24) is 0 Å². The first-order valence-electron chi connectivity index (χ1n) is 14.4. The zero-order chi connectivity index (χ0) is 30.7. The van der Waals surface area contributed by atoms with Crippen LogP contribution in [-0.2, 0) is 4.75 Å². The molecular weight excluding hydrogens is 556 g/mol. The van der Waals surface area contributed by atoms with Crippen LogP contribution in [0.3, 0.4) is 0 Å². The SMILES string of the molecule is CCN(CC)c1ccc2c(c1)N=C(Nc1ccc([N+](=O)[O-])cc1)SC2(c1ccc(N(C)C)cc1)c1ccc(N(C)C)cc1. The third-order valence-corrected chi connectivity index (χ3v) is 9.26. The maximum Gasteiger partial charge on any atom is 0.269 e. The molecule has 0 spiro atoms. The first kappa shape index (κ1) is 30.0. The van der Waals surface area contributed by atoms with Gasteiger partial charge in [0, 0.05) is 81.7 Å². The lowest BCUT2D eigenvalue weighted by molar-refractivity contribution is -0.384. The molecule has 0 fully saturated rings. The third kappa shape index (κ3) is 5.90. The Morgan fingerprint density at radius 1 is 0.767 bits per heavy atom. The number of nitro groups is 1. The molecule has 1 aliphatic heterocycles. The van der Waals surface area contributed by atoms with Crippen LogP contribution in [0, 0.1) is 10.1 Å². The number of nitro benzene ring substituents is 1. The Bertz CT molecular complexity index is 1560. The molecular formula is C34H38N6O2S. The number of amidine groups is 1. The number of anilines is 4. The number of nitrogens with zero attached hydrogens (tertiary/aromatic N) is 5. The highest BCUT2D eigenvalue weighted by atomic mass is 32.2. The normalized spacial score (nSPS) is 13.5. The first-order chi connectivity index (χ1) is 20.7. The molecule has 0 saturated carbocycles. The van der Waals surface area contributed by atoms with E-state index < -0.39 is 4.75 Å². The molecule has 4 aromatic rings. The standard InChI is InChI=1S/C34H38N6O2S/c1-7-39(8-2)30-21-22-31-32(23-30)36-33(35-26-13-19-29(20-14-26)40(41)42)43-34(31,24-9-15-27(16-10-24)37(3)4)25-11-17-28(18-12-25)38(5)6/h9-23H,7-8H2,1-6H3,(H,35,36). The number of non-ortho nitro benzene ring substituents is 1. The predicted octanol–water partition coefficient (Wildman–Crippen LogP) is 7.71. The number of hydrogen-bond donors (Lipinski definition) is 1. The van der Waals surface area contributed by atoms with E-state index in [1.807, 2.05) is 28.2 Å². The summed E-state index contributed by atoms with van der Waals surface area (Å²) in [6, 6.07) is 30.5. The highest BCUT2D eigenvalue weighted by molar-refractivity contribution is 8.15. The maximum absolute atomic E-state index is 11.3. The fraction of sp³-hybridized carbons (Fsp3) is 0.265. The van der Waals surface area contributed by atoms with E-state index in [0.29, 0.717) is 5.17 Å². The topological polar surface area (TPSA) is 77.2 Å². The van der Waals surface area contributed by atoms with Crippen molar-refractivity contribution in [1.29, 1.82) is 0 Å². The summed E-state index contributed by atoms with van der Waals surface area (Å²) >= 11 is 1.65. The molecule has 5 rings (SSSR count). The molecule has 0 atom stereocenters. The van der Waals surface area contributed by atoms with E-state index in [4.69, 9.17) is 4.99 Å². The van der Waals surface area contributed by atoms with Crippen molar-refractivity contribution in [3.63, 3.8) is 0 Å². The molecule has 1 heterocycles. The van der Waals surface area contributed by atoms with Crippen LogP contribution in [-0.4, -0.2) is 51.4 Å². The first-order valence-corrected chi connectivity index (χ1v) is 15.2. The molecule has 222 valence electrons. The zero-order valence-electron chi connectivity index (χ0n) is 25.5. The number of thioether (sulfide) groups is 1. The van der Waals surface area contributed by atoms with Gasteiger partial charge in [0.2, 0.25) is 0 Å². The van der Waals surface area contributed by atoms with Gasteiger partial charge in [0.15, 0.2) is 5.17 Å². The van der Waals surface area contributed by atoms with Crippen LogP contribution >= 0.6 is 11.8 Å².